The summed E-state index contributed by atoms with van der Waals surface area (Å²) in [5.41, 5.74) is 2.49. The van der Waals surface area contributed by atoms with Gasteiger partial charge in [-0.15, -0.1) is 0 Å². The normalized spacial score (nSPS) is 12.6. The largest absolute Gasteiger partial charge is 0.494 e. The van der Waals surface area contributed by atoms with Crippen molar-refractivity contribution >= 4 is 17.5 Å². The van der Waals surface area contributed by atoms with Crippen LogP contribution in [-0.4, -0.2) is 25.0 Å². The van der Waals surface area contributed by atoms with Crippen molar-refractivity contribution in [3.05, 3.63) is 53.6 Å². The molecule has 2 N–H and O–H groups in total. The van der Waals surface area contributed by atoms with Gasteiger partial charge in [-0.25, -0.2) is 0 Å². The lowest BCUT2D eigenvalue weighted by Gasteiger charge is -2.18. The molecule has 0 saturated carbocycles. The van der Waals surface area contributed by atoms with E-state index < -0.39 is 0 Å². The van der Waals surface area contributed by atoms with Crippen LogP contribution in [0.15, 0.2) is 42.5 Å². The third kappa shape index (κ3) is 4.50. The van der Waals surface area contributed by atoms with E-state index in [1.807, 2.05) is 43.3 Å². The van der Waals surface area contributed by atoms with E-state index in [0.29, 0.717) is 31.0 Å². The third-order valence-electron chi connectivity index (χ3n) is 3.77. The van der Waals surface area contributed by atoms with E-state index in [9.17, 15) is 9.59 Å². The highest BCUT2D eigenvalue weighted by atomic mass is 16.5. The number of carbonyl (C=O) groups is 2. The van der Waals surface area contributed by atoms with E-state index in [0.717, 1.165) is 16.9 Å². The Morgan fingerprint density at radius 1 is 1.20 bits per heavy atom. The Kier molecular flexibility index (Phi) is 5.18. The van der Waals surface area contributed by atoms with E-state index in [-0.39, 0.29) is 18.4 Å². The zero-order valence-corrected chi connectivity index (χ0v) is 14.0. The molecule has 1 aliphatic heterocycles. The molecule has 1 heterocycles. The Hall–Kier alpha value is -3.02. The molecule has 2 aromatic rings. The van der Waals surface area contributed by atoms with E-state index in [1.165, 1.54) is 0 Å². The van der Waals surface area contributed by atoms with E-state index in [2.05, 4.69) is 10.6 Å². The van der Waals surface area contributed by atoms with Crippen molar-refractivity contribution in [3.8, 4) is 11.5 Å². The highest BCUT2D eigenvalue weighted by molar-refractivity contribution is 5.95. The molecular weight excluding hydrogens is 320 g/mol. The summed E-state index contributed by atoms with van der Waals surface area (Å²) in [5, 5.41) is 5.63. The molecule has 0 atom stereocenters. The summed E-state index contributed by atoms with van der Waals surface area (Å²) >= 11 is 0. The maximum atomic E-state index is 12.1. The molecule has 0 bridgehead atoms. The van der Waals surface area contributed by atoms with Crippen molar-refractivity contribution in [1.82, 2.24) is 5.32 Å². The summed E-state index contributed by atoms with van der Waals surface area (Å²) in [6, 6.07) is 13.0. The first-order valence-electron chi connectivity index (χ1n) is 8.18. The van der Waals surface area contributed by atoms with Crippen LogP contribution < -0.4 is 20.1 Å². The van der Waals surface area contributed by atoms with Crippen LogP contribution in [-0.2, 0) is 22.6 Å². The van der Waals surface area contributed by atoms with Crippen molar-refractivity contribution in [2.75, 3.05) is 18.5 Å². The van der Waals surface area contributed by atoms with Crippen LogP contribution in [0.5, 0.6) is 11.5 Å². The molecule has 3 rings (SSSR count). The summed E-state index contributed by atoms with van der Waals surface area (Å²) in [6.07, 6.45) is 0.309. The predicted molar refractivity (Wildman–Crippen MR) is 93.7 cm³/mol. The summed E-state index contributed by atoms with van der Waals surface area (Å²) in [6.45, 7) is 2.97. The number of nitrogens with one attached hydrogen (secondary N) is 2. The van der Waals surface area contributed by atoms with Gasteiger partial charge in [-0.1, -0.05) is 18.2 Å². The Labute approximate surface area is 146 Å². The van der Waals surface area contributed by atoms with Crippen LogP contribution in [0.1, 0.15) is 18.1 Å². The number of rotatable bonds is 6. The van der Waals surface area contributed by atoms with E-state index in [4.69, 9.17) is 9.47 Å². The number of amides is 2. The fourth-order valence-corrected chi connectivity index (χ4v) is 2.55. The predicted octanol–water partition coefficient (Wildman–Crippen LogP) is 2.28. The number of benzene rings is 2. The van der Waals surface area contributed by atoms with Crippen molar-refractivity contribution in [2.45, 2.75) is 19.9 Å². The van der Waals surface area contributed by atoms with Gasteiger partial charge in [0.15, 0.2) is 6.61 Å². The minimum Gasteiger partial charge on any atom is -0.494 e. The number of ether oxygens (including phenoxy) is 2. The number of carbonyl (C=O) groups excluding carboxylic acids is 2. The van der Waals surface area contributed by atoms with Gasteiger partial charge in [-0.05, 0) is 42.3 Å². The van der Waals surface area contributed by atoms with Gasteiger partial charge in [0.05, 0.1) is 18.7 Å². The third-order valence-corrected chi connectivity index (χ3v) is 3.77. The molecule has 25 heavy (non-hydrogen) atoms. The van der Waals surface area contributed by atoms with Crippen LogP contribution in [0.4, 0.5) is 5.69 Å². The second-order valence-corrected chi connectivity index (χ2v) is 5.70. The van der Waals surface area contributed by atoms with Crippen molar-refractivity contribution in [2.24, 2.45) is 0 Å². The van der Waals surface area contributed by atoms with Gasteiger partial charge in [0.1, 0.15) is 11.5 Å². The Morgan fingerprint density at radius 3 is 2.72 bits per heavy atom. The fraction of sp³-hybridized carbons (Fsp3) is 0.263. The maximum Gasteiger partial charge on any atom is 0.262 e. The SMILES string of the molecule is CCOc1ccc(CC(=O)NCc2ccc3c(c2)OCC(=O)N3)cc1. The highest BCUT2D eigenvalue weighted by Crippen LogP contribution is 2.28. The van der Waals surface area contributed by atoms with E-state index >= 15 is 0 Å². The molecule has 6 nitrogen and oxygen atoms in total. The molecular formula is C19H20N2O4. The number of anilines is 1. The molecule has 2 amide bonds. The first kappa shape index (κ1) is 16.8. The molecule has 0 radical (unpaired) electrons. The monoisotopic (exact) mass is 340 g/mol. The maximum absolute atomic E-state index is 12.1. The summed E-state index contributed by atoms with van der Waals surface area (Å²) < 4.78 is 10.8. The number of hydrogen-bond donors (Lipinski definition) is 2. The van der Waals surface area contributed by atoms with Gasteiger partial charge in [0.25, 0.3) is 5.91 Å². The molecule has 1 aliphatic rings. The average Bonchev–Trinajstić information content (AvgIpc) is 2.62. The minimum atomic E-state index is -0.163. The number of fused-ring (bicyclic) bond motifs is 1. The molecule has 0 fully saturated rings. The zero-order chi connectivity index (χ0) is 17.6. The summed E-state index contributed by atoms with van der Waals surface area (Å²) in [5.74, 6) is 1.20. The number of hydrogen-bond acceptors (Lipinski definition) is 4. The lowest BCUT2D eigenvalue weighted by atomic mass is 10.1. The Balaban J connectivity index is 1.53. The zero-order valence-electron chi connectivity index (χ0n) is 14.0. The van der Waals surface area contributed by atoms with Crippen LogP contribution >= 0.6 is 0 Å². The van der Waals surface area contributed by atoms with Gasteiger partial charge in [0, 0.05) is 6.54 Å². The first-order chi connectivity index (χ1) is 12.1. The van der Waals surface area contributed by atoms with Crippen LogP contribution in [0.25, 0.3) is 0 Å². The second-order valence-electron chi connectivity index (χ2n) is 5.70. The molecule has 2 aromatic carbocycles. The summed E-state index contributed by atoms with van der Waals surface area (Å²) in [4.78, 5) is 23.4. The average molecular weight is 340 g/mol. The minimum absolute atomic E-state index is 0.0144. The van der Waals surface area contributed by atoms with Crippen molar-refractivity contribution in [1.29, 1.82) is 0 Å². The summed E-state index contributed by atoms with van der Waals surface area (Å²) in [7, 11) is 0. The standard InChI is InChI=1S/C19H20N2O4/c1-2-24-15-6-3-13(4-7-15)10-18(22)20-11-14-5-8-16-17(9-14)25-12-19(23)21-16/h3-9H,2,10-12H2,1H3,(H,20,22)(H,21,23). The molecule has 0 aliphatic carbocycles. The van der Waals surface area contributed by atoms with Gasteiger partial charge >= 0.3 is 0 Å². The topological polar surface area (TPSA) is 76.7 Å². The molecule has 6 heteroatoms. The molecule has 0 unspecified atom stereocenters. The van der Waals surface area contributed by atoms with Crippen molar-refractivity contribution < 1.29 is 19.1 Å². The quantitative estimate of drug-likeness (QED) is 0.846. The molecule has 0 aromatic heterocycles. The smallest absolute Gasteiger partial charge is 0.262 e. The van der Waals surface area contributed by atoms with Crippen LogP contribution in [0, 0.1) is 0 Å². The molecule has 0 spiro atoms. The lowest BCUT2D eigenvalue weighted by Crippen LogP contribution is -2.26. The van der Waals surface area contributed by atoms with Gasteiger partial charge < -0.3 is 20.1 Å². The van der Waals surface area contributed by atoms with Crippen molar-refractivity contribution in [3.63, 3.8) is 0 Å². The second kappa shape index (κ2) is 7.70. The Morgan fingerprint density at radius 2 is 1.96 bits per heavy atom. The van der Waals surface area contributed by atoms with Crippen LogP contribution in [0.3, 0.4) is 0 Å². The fourth-order valence-electron chi connectivity index (χ4n) is 2.55. The van der Waals surface area contributed by atoms with Gasteiger partial charge in [-0.3, -0.25) is 9.59 Å². The molecule has 130 valence electrons. The molecule has 0 saturated heterocycles. The van der Waals surface area contributed by atoms with Crippen LogP contribution in [0.2, 0.25) is 0 Å². The first-order valence-corrected chi connectivity index (χ1v) is 8.18. The van der Waals surface area contributed by atoms with Gasteiger partial charge in [-0.2, -0.15) is 0 Å². The lowest BCUT2D eigenvalue weighted by molar-refractivity contribution is -0.120. The Bertz CT molecular complexity index is 771. The van der Waals surface area contributed by atoms with E-state index in [1.54, 1.807) is 6.07 Å². The highest BCUT2D eigenvalue weighted by Gasteiger charge is 2.16. The van der Waals surface area contributed by atoms with Gasteiger partial charge in [0.2, 0.25) is 5.91 Å².